The van der Waals surface area contributed by atoms with Gasteiger partial charge in [0.1, 0.15) is 0 Å². The van der Waals surface area contributed by atoms with Crippen molar-refractivity contribution in [2.75, 3.05) is 4.72 Å². The predicted molar refractivity (Wildman–Crippen MR) is 57.2 cm³/mol. The number of anilines is 1. The van der Waals surface area contributed by atoms with Crippen LogP contribution in [0.3, 0.4) is 0 Å². The summed E-state index contributed by atoms with van der Waals surface area (Å²) >= 11 is 3.83. The van der Waals surface area contributed by atoms with Gasteiger partial charge in [-0.15, -0.1) is 5.10 Å². The Labute approximate surface area is 102 Å². The van der Waals surface area contributed by atoms with E-state index in [0.29, 0.717) is 0 Å². The number of aryl methyl sites for hydroxylation is 1. The van der Waals surface area contributed by atoms with Gasteiger partial charge in [0.2, 0.25) is 10.2 Å². The average Bonchev–Trinajstić information content (AvgIpc) is 2.76. The molecule has 9 nitrogen and oxygen atoms in total. The number of rotatable bonds is 3. The summed E-state index contributed by atoms with van der Waals surface area (Å²) in [5, 5.41) is 13.9. The first-order valence-corrected chi connectivity index (χ1v) is 6.78. The van der Waals surface area contributed by atoms with Gasteiger partial charge in [0, 0.05) is 18.6 Å². The lowest BCUT2D eigenvalue weighted by Crippen LogP contribution is -2.17. The highest BCUT2D eigenvalue weighted by Crippen LogP contribution is 2.20. The molecule has 0 spiro atoms. The Morgan fingerprint density at radius 2 is 2.19 bits per heavy atom. The molecule has 0 saturated carbocycles. The predicted octanol–water partition coefficient (Wildman–Crippen LogP) is -0.375. The highest BCUT2D eigenvalue weighted by molar-refractivity contribution is 9.10. The summed E-state index contributed by atoms with van der Waals surface area (Å²) in [5.74, 6) is 0. The summed E-state index contributed by atoms with van der Waals surface area (Å²) in [6, 6.07) is 0. The van der Waals surface area contributed by atoms with E-state index in [2.05, 4.69) is 45.8 Å². The van der Waals surface area contributed by atoms with Gasteiger partial charge >= 0.3 is 0 Å². The molecule has 0 fully saturated rings. The molecule has 2 aromatic heterocycles. The molecule has 0 amide bonds. The number of nitrogens with one attached hydrogen (secondary N) is 1. The second-order valence-electron chi connectivity index (χ2n) is 2.58. The van der Waals surface area contributed by atoms with Crippen LogP contribution in [-0.2, 0) is 17.1 Å². The molecule has 16 heavy (non-hydrogen) atoms. The smallest absolute Gasteiger partial charge is 0.251 e. The molecule has 0 unspecified atom stereocenters. The maximum absolute atomic E-state index is 11.9. The van der Waals surface area contributed by atoms with Crippen LogP contribution >= 0.6 is 27.5 Å². The van der Waals surface area contributed by atoms with Crippen molar-refractivity contribution in [2.24, 2.45) is 7.05 Å². The first kappa shape index (κ1) is 11.3. The van der Waals surface area contributed by atoms with Crippen LogP contribution in [0.25, 0.3) is 0 Å². The monoisotopic (exact) mass is 325 g/mol. The third-order valence-corrected chi connectivity index (χ3v) is 4.38. The van der Waals surface area contributed by atoms with Crippen LogP contribution in [0.15, 0.2) is 9.63 Å². The molecule has 86 valence electrons. The highest BCUT2D eigenvalue weighted by Gasteiger charge is 2.25. The quantitative estimate of drug-likeness (QED) is 0.817. The van der Waals surface area contributed by atoms with Crippen LogP contribution in [0.5, 0.6) is 0 Å². The van der Waals surface area contributed by atoms with E-state index in [1.54, 1.807) is 0 Å². The van der Waals surface area contributed by atoms with E-state index in [0.717, 1.165) is 16.2 Å². The maximum atomic E-state index is 11.9. The van der Waals surface area contributed by atoms with Crippen molar-refractivity contribution in [3.8, 4) is 0 Å². The first-order chi connectivity index (χ1) is 7.50. The van der Waals surface area contributed by atoms with Crippen LogP contribution in [0.2, 0.25) is 0 Å². The minimum absolute atomic E-state index is 0.0769. The number of halogens is 1. The Hall–Kier alpha value is -1.14. The van der Waals surface area contributed by atoms with E-state index >= 15 is 0 Å². The molecule has 2 aromatic rings. The van der Waals surface area contributed by atoms with Gasteiger partial charge < -0.3 is 0 Å². The Morgan fingerprint density at radius 3 is 2.69 bits per heavy atom. The van der Waals surface area contributed by atoms with Crippen molar-refractivity contribution >= 4 is 42.6 Å². The molecule has 0 aliphatic carbocycles. The van der Waals surface area contributed by atoms with Crippen LogP contribution in [0.4, 0.5) is 5.13 Å². The Balaban J connectivity index is 2.40. The summed E-state index contributed by atoms with van der Waals surface area (Å²) in [7, 11) is -2.33. The van der Waals surface area contributed by atoms with Crippen molar-refractivity contribution in [3.63, 3.8) is 0 Å². The van der Waals surface area contributed by atoms with Gasteiger partial charge in [-0.05, 0) is 21.1 Å². The minimum Gasteiger partial charge on any atom is -0.251 e. The Bertz CT molecular complexity index is 570. The molecule has 12 heteroatoms. The van der Waals surface area contributed by atoms with Gasteiger partial charge in [0.25, 0.3) is 10.0 Å². The summed E-state index contributed by atoms with van der Waals surface area (Å²) in [6.07, 6.45) is 0. The fourth-order valence-corrected chi connectivity index (χ4v) is 3.63. The summed E-state index contributed by atoms with van der Waals surface area (Å²) in [5.41, 5.74) is 0. The molecule has 0 saturated heterocycles. The van der Waals surface area contributed by atoms with Gasteiger partial charge in [0.15, 0.2) is 4.60 Å². The summed E-state index contributed by atoms with van der Waals surface area (Å²) in [4.78, 5) is 0. The molecule has 0 bridgehead atoms. The van der Waals surface area contributed by atoms with Crippen LogP contribution in [-0.4, -0.2) is 38.2 Å². The van der Waals surface area contributed by atoms with Crippen LogP contribution in [0, 0.1) is 0 Å². The van der Waals surface area contributed by atoms with Gasteiger partial charge in [-0.25, -0.2) is 4.68 Å². The van der Waals surface area contributed by atoms with Crippen molar-refractivity contribution < 1.29 is 8.42 Å². The van der Waals surface area contributed by atoms with Crippen LogP contribution in [0.1, 0.15) is 0 Å². The molecule has 2 rings (SSSR count). The maximum Gasteiger partial charge on any atom is 0.283 e. The molecule has 2 heterocycles. The van der Waals surface area contributed by atoms with Crippen LogP contribution < -0.4 is 4.72 Å². The Kier molecular flexibility index (Phi) is 2.86. The number of aromatic nitrogens is 6. The molecule has 0 radical (unpaired) electrons. The zero-order valence-electron chi connectivity index (χ0n) is 7.69. The molecular formula is C4H4BrN7O2S2. The molecule has 0 atom stereocenters. The van der Waals surface area contributed by atoms with Gasteiger partial charge in [-0.3, -0.25) is 4.72 Å². The van der Waals surface area contributed by atoms with Gasteiger partial charge in [-0.2, -0.15) is 8.42 Å². The van der Waals surface area contributed by atoms with E-state index < -0.39 is 10.0 Å². The van der Waals surface area contributed by atoms with Crippen molar-refractivity contribution in [3.05, 3.63) is 4.60 Å². The van der Waals surface area contributed by atoms with E-state index in [9.17, 15) is 8.42 Å². The zero-order valence-corrected chi connectivity index (χ0v) is 10.9. The third-order valence-electron chi connectivity index (χ3n) is 1.51. The second-order valence-corrected chi connectivity index (χ2v) is 5.66. The largest absolute Gasteiger partial charge is 0.283 e. The number of nitrogens with zero attached hydrogens (tertiary/aromatic N) is 6. The van der Waals surface area contributed by atoms with Crippen molar-refractivity contribution in [1.29, 1.82) is 0 Å². The number of hydrogen-bond acceptors (Lipinski definition) is 8. The summed E-state index contributed by atoms with van der Waals surface area (Å²) < 4.78 is 30.6. The standard InChI is InChI=1S/C4H4BrN7O2S2/c1-12-3(2(5)6-10-12)16(13,14)8-4-7-9-11-15-4/h1H3,(H,7,8,11). The molecule has 0 aliphatic heterocycles. The third kappa shape index (κ3) is 2.03. The minimum atomic E-state index is -3.79. The lowest BCUT2D eigenvalue weighted by atomic mass is 10.9. The number of hydrogen-bond donors (Lipinski definition) is 1. The lowest BCUT2D eigenvalue weighted by molar-refractivity contribution is 0.578. The first-order valence-electron chi connectivity index (χ1n) is 3.74. The SMILES string of the molecule is Cn1nnc(Br)c1S(=O)(=O)Nc1nnns1. The topological polar surface area (TPSA) is 116 Å². The van der Waals surface area contributed by atoms with Gasteiger partial charge in [0.05, 0.1) is 0 Å². The zero-order chi connectivity index (χ0) is 11.8. The molecule has 0 aliphatic rings. The van der Waals surface area contributed by atoms with E-state index in [1.807, 2.05) is 0 Å². The molecular weight excluding hydrogens is 322 g/mol. The molecule has 1 N–H and O–H groups in total. The number of sulfonamides is 1. The van der Waals surface area contributed by atoms with E-state index in [-0.39, 0.29) is 14.8 Å². The van der Waals surface area contributed by atoms with E-state index in [1.165, 1.54) is 7.05 Å². The lowest BCUT2D eigenvalue weighted by Gasteiger charge is -2.03. The fourth-order valence-electron chi connectivity index (χ4n) is 0.944. The van der Waals surface area contributed by atoms with Crippen molar-refractivity contribution in [1.82, 2.24) is 29.8 Å². The second kappa shape index (κ2) is 4.03. The Morgan fingerprint density at radius 1 is 1.44 bits per heavy atom. The van der Waals surface area contributed by atoms with Crippen molar-refractivity contribution in [2.45, 2.75) is 5.03 Å². The normalized spacial score (nSPS) is 11.6. The highest BCUT2D eigenvalue weighted by atomic mass is 79.9. The molecule has 0 aromatic carbocycles. The summed E-state index contributed by atoms with van der Waals surface area (Å²) in [6.45, 7) is 0. The fraction of sp³-hybridized carbons (Fsp3) is 0.250. The van der Waals surface area contributed by atoms with E-state index in [4.69, 9.17) is 0 Å². The average molecular weight is 326 g/mol. The van der Waals surface area contributed by atoms with Gasteiger partial charge in [-0.1, -0.05) is 14.8 Å².